The lowest BCUT2D eigenvalue weighted by molar-refractivity contribution is -0.123. The number of aromatic nitrogens is 2. The van der Waals surface area contributed by atoms with Crippen LogP contribution in [0.3, 0.4) is 0 Å². The van der Waals surface area contributed by atoms with Gasteiger partial charge in [-0.2, -0.15) is 5.10 Å². The van der Waals surface area contributed by atoms with Crippen molar-refractivity contribution < 1.29 is 9.59 Å². The molecule has 1 saturated heterocycles. The number of nitrogens with zero attached hydrogens (tertiary/aromatic N) is 2. The van der Waals surface area contributed by atoms with E-state index in [1.54, 1.807) is 18.0 Å². The predicted octanol–water partition coefficient (Wildman–Crippen LogP) is 4.44. The lowest BCUT2D eigenvalue weighted by atomic mass is 9.85. The molecule has 33 heavy (non-hydrogen) atoms. The Morgan fingerprint density at radius 3 is 2.64 bits per heavy atom. The normalized spacial score (nSPS) is 18.7. The monoisotopic (exact) mass is 462 g/mol. The van der Waals surface area contributed by atoms with Crippen LogP contribution in [-0.4, -0.2) is 33.4 Å². The number of nitrogens with one attached hydrogen (secondary N) is 2. The average molecular weight is 463 g/mol. The lowest BCUT2D eigenvalue weighted by Gasteiger charge is -2.29. The third-order valence-corrected chi connectivity index (χ3v) is 7.01. The molecule has 3 aromatic rings. The minimum atomic E-state index is -0.364. The van der Waals surface area contributed by atoms with Crippen molar-refractivity contribution in [1.82, 2.24) is 20.4 Å². The molecule has 0 aliphatic carbocycles. The Labute approximate surface area is 199 Å². The molecule has 0 unspecified atom stereocenters. The van der Waals surface area contributed by atoms with Crippen molar-refractivity contribution in [3.63, 3.8) is 0 Å². The van der Waals surface area contributed by atoms with Crippen molar-refractivity contribution in [1.29, 1.82) is 0 Å². The topological polar surface area (TPSA) is 76.0 Å². The van der Waals surface area contributed by atoms with Gasteiger partial charge in [0, 0.05) is 35.0 Å². The predicted molar refractivity (Wildman–Crippen MR) is 131 cm³/mol. The van der Waals surface area contributed by atoms with Gasteiger partial charge in [0.15, 0.2) is 0 Å². The first-order chi connectivity index (χ1) is 16.0. The Kier molecular flexibility index (Phi) is 7.18. The summed E-state index contributed by atoms with van der Waals surface area (Å²) in [6.45, 7) is 1.96. The van der Waals surface area contributed by atoms with E-state index in [2.05, 4.69) is 46.3 Å². The second-order valence-electron chi connectivity index (χ2n) is 8.70. The fourth-order valence-corrected chi connectivity index (χ4v) is 4.76. The van der Waals surface area contributed by atoms with Crippen molar-refractivity contribution in [2.24, 2.45) is 0 Å². The van der Waals surface area contributed by atoms with Crippen LogP contribution in [0, 0.1) is 0 Å². The third kappa shape index (κ3) is 5.85. The van der Waals surface area contributed by atoms with Gasteiger partial charge in [-0.05, 0) is 62.3 Å². The fraction of sp³-hybridized carbons (Fsp3) is 0.346. The van der Waals surface area contributed by atoms with Crippen LogP contribution in [0.1, 0.15) is 49.8 Å². The Morgan fingerprint density at radius 2 is 1.97 bits per heavy atom. The molecule has 1 aliphatic rings. The average Bonchev–Trinajstić information content (AvgIpc) is 3.47. The zero-order chi connectivity index (χ0) is 23.3. The Balaban J connectivity index is 1.35. The molecule has 2 amide bonds. The fourth-order valence-electron chi connectivity index (χ4n) is 4.35. The van der Waals surface area contributed by atoms with E-state index in [1.807, 2.05) is 48.1 Å². The first-order valence-electron chi connectivity index (χ1n) is 11.3. The van der Waals surface area contributed by atoms with Crippen LogP contribution in [0.25, 0.3) is 5.69 Å². The smallest absolute Gasteiger partial charge is 0.220 e. The van der Waals surface area contributed by atoms with Gasteiger partial charge in [-0.25, -0.2) is 4.68 Å². The molecule has 7 heteroatoms. The van der Waals surface area contributed by atoms with Gasteiger partial charge >= 0.3 is 0 Å². The van der Waals surface area contributed by atoms with Gasteiger partial charge in [0.1, 0.15) is 0 Å². The number of amides is 2. The molecule has 1 aromatic heterocycles. The van der Waals surface area contributed by atoms with E-state index in [0.717, 1.165) is 24.1 Å². The minimum absolute atomic E-state index is 0.0202. The minimum Gasteiger partial charge on any atom is -0.350 e. The number of para-hydroxylation sites is 1. The van der Waals surface area contributed by atoms with E-state index < -0.39 is 0 Å². The molecule has 0 bridgehead atoms. The van der Waals surface area contributed by atoms with Crippen LogP contribution in [-0.2, 0) is 16.0 Å². The number of rotatable bonds is 9. The van der Waals surface area contributed by atoms with E-state index in [0.29, 0.717) is 19.3 Å². The number of carbonyl (C=O) groups excluding carboxylic acids is 2. The van der Waals surface area contributed by atoms with E-state index in [-0.39, 0.29) is 23.4 Å². The molecule has 1 aliphatic heterocycles. The summed E-state index contributed by atoms with van der Waals surface area (Å²) in [5.74, 6) is 0.0473. The summed E-state index contributed by atoms with van der Waals surface area (Å²) in [6.07, 6.45) is 8.76. The molecular formula is C26H30N4O2S. The molecule has 0 spiro atoms. The highest BCUT2D eigenvalue weighted by Gasteiger charge is 2.37. The van der Waals surface area contributed by atoms with Crippen molar-refractivity contribution in [2.45, 2.75) is 55.5 Å². The molecular weight excluding hydrogens is 432 g/mol. The van der Waals surface area contributed by atoms with Gasteiger partial charge in [-0.3, -0.25) is 9.59 Å². The highest BCUT2D eigenvalue weighted by molar-refractivity contribution is 7.98. The summed E-state index contributed by atoms with van der Waals surface area (Å²) in [6, 6.07) is 18.2. The van der Waals surface area contributed by atoms with Gasteiger partial charge in [0.25, 0.3) is 0 Å². The van der Waals surface area contributed by atoms with Crippen LogP contribution < -0.4 is 10.6 Å². The first-order valence-corrected chi connectivity index (χ1v) is 12.5. The van der Waals surface area contributed by atoms with Gasteiger partial charge < -0.3 is 10.6 Å². The summed E-state index contributed by atoms with van der Waals surface area (Å²) in [7, 11) is 0. The standard InChI is InChI=1S/C26H30N4O2S/c1-19(21-17-27-30(18-21)22-6-4-3-5-7-22)28-24(31)12-14-26(15-13-25(32)29-26)16-20-8-10-23(33-2)11-9-20/h3-11,17-19H,12-16H2,1-2H3,(H,28,31)(H,29,32)/t19-,26+/m0/s1. The van der Waals surface area contributed by atoms with Gasteiger partial charge in [0.05, 0.1) is 17.9 Å². The van der Waals surface area contributed by atoms with Crippen LogP contribution in [0.4, 0.5) is 0 Å². The maximum absolute atomic E-state index is 12.8. The number of hydrogen-bond donors (Lipinski definition) is 2. The van der Waals surface area contributed by atoms with Gasteiger partial charge in [0.2, 0.25) is 11.8 Å². The lowest BCUT2D eigenvalue weighted by Crippen LogP contribution is -2.44. The Hall–Kier alpha value is -3.06. The molecule has 2 atom stereocenters. The zero-order valence-electron chi connectivity index (χ0n) is 19.1. The molecule has 0 radical (unpaired) electrons. The molecule has 2 N–H and O–H groups in total. The van der Waals surface area contributed by atoms with Crippen LogP contribution in [0.15, 0.2) is 71.9 Å². The quantitative estimate of drug-likeness (QED) is 0.461. The first kappa shape index (κ1) is 23.1. The number of benzene rings is 2. The summed E-state index contributed by atoms with van der Waals surface area (Å²) in [5.41, 5.74) is 2.74. The SMILES string of the molecule is CSc1ccc(C[C@@]2(CCC(=O)N[C@@H](C)c3cnn(-c4ccccc4)c3)CCC(=O)N2)cc1. The Bertz CT molecular complexity index is 1100. The molecule has 1 fully saturated rings. The zero-order valence-corrected chi connectivity index (χ0v) is 19.9. The van der Waals surface area contributed by atoms with Crippen molar-refractivity contribution in [3.8, 4) is 5.69 Å². The maximum Gasteiger partial charge on any atom is 0.220 e. The second-order valence-corrected chi connectivity index (χ2v) is 9.58. The largest absolute Gasteiger partial charge is 0.350 e. The van der Waals surface area contributed by atoms with E-state index in [4.69, 9.17) is 0 Å². The molecule has 6 nitrogen and oxygen atoms in total. The number of thioether (sulfide) groups is 1. The summed E-state index contributed by atoms with van der Waals surface area (Å²) in [5, 5.41) is 10.7. The molecule has 2 heterocycles. The second kappa shape index (κ2) is 10.3. The summed E-state index contributed by atoms with van der Waals surface area (Å²) in [4.78, 5) is 26.0. The maximum atomic E-state index is 12.8. The van der Waals surface area contributed by atoms with Crippen LogP contribution in [0.2, 0.25) is 0 Å². The third-order valence-electron chi connectivity index (χ3n) is 6.27. The summed E-state index contributed by atoms with van der Waals surface area (Å²) < 4.78 is 1.81. The van der Waals surface area contributed by atoms with Crippen molar-refractivity contribution in [3.05, 3.63) is 78.1 Å². The number of carbonyl (C=O) groups is 2. The van der Waals surface area contributed by atoms with E-state index >= 15 is 0 Å². The molecule has 2 aromatic carbocycles. The van der Waals surface area contributed by atoms with E-state index in [1.165, 1.54) is 10.5 Å². The number of hydrogen-bond acceptors (Lipinski definition) is 4. The van der Waals surface area contributed by atoms with E-state index in [9.17, 15) is 9.59 Å². The van der Waals surface area contributed by atoms with Gasteiger partial charge in [-0.1, -0.05) is 30.3 Å². The Morgan fingerprint density at radius 1 is 1.21 bits per heavy atom. The van der Waals surface area contributed by atoms with Crippen molar-refractivity contribution in [2.75, 3.05) is 6.26 Å². The van der Waals surface area contributed by atoms with Crippen LogP contribution >= 0.6 is 11.8 Å². The van der Waals surface area contributed by atoms with Crippen molar-refractivity contribution >= 4 is 23.6 Å². The highest BCUT2D eigenvalue weighted by Crippen LogP contribution is 2.30. The van der Waals surface area contributed by atoms with Gasteiger partial charge in [-0.15, -0.1) is 11.8 Å². The molecule has 4 rings (SSSR count). The van der Waals surface area contributed by atoms with Crippen LogP contribution in [0.5, 0.6) is 0 Å². The summed E-state index contributed by atoms with van der Waals surface area (Å²) >= 11 is 1.71. The molecule has 0 saturated carbocycles. The highest BCUT2D eigenvalue weighted by atomic mass is 32.2. The molecule has 172 valence electrons.